The smallest absolute Gasteiger partial charge is 0.0670 e. The molecule has 4 heteroatoms. The highest BCUT2D eigenvalue weighted by Crippen LogP contribution is 2.21. The van der Waals surface area contributed by atoms with E-state index in [-0.39, 0.29) is 6.10 Å². The summed E-state index contributed by atoms with van der Waals surface area (Å²) in [4.78, 5) is 1.22. The van der Waals surface area contributed by atoms with Crippen LogP contribution in [0.1, 0.15) is 6.42 Å². The standard InChI is InChI=1S/C10H14BrNOS/c11-8-1-3-10(4-2-8)14-6-5-9(13)7-12/h1-4,9,13H,5-7,12H2. The Bertz CT molecular complexity index is 265. The summed E-state index contributed by atoms with van der Waals surface area (Å²) >= 11 is 5.12. The van der Waals surface area contributed by atoms with E-state index in [1.165, 1.54) is 4.90 Å². The monoisotopic (exact) mass is 275 g/mol. The molecule has 1 rings (SSSR count). The number of aliphatic hydroxyl groups excluding tert-OH is 1. The predicted molar refractivity (Wildman–Crippen MR) is 64.5 cm³/mol. The largest absolute Gasteiger partial charge is 0.392 e. The van der Waals surface area contributed by atoms with Crippen LogP contribution in [-0.2, 0) is 0 Å². The molecule has 0 saturated carbocycles. The molecule has 1 atom stereocenters. The van der Waals surface area contributed by atoms with Gasteiger partial charge in [-0.1, -0.05) is 15.9 Å². The summed E-state index contributed by atoms with van der Waals surface area (Å²) in [7, 11) is 0. The predicted octanol–water partition coefficient (Wildman–Crippen LogP) is 2.25. The number of halogens is 1. The molecule has 0 saturated heterocycles. The van der Waals surface area contributed by atoms with Crippen LogP contribution in [0.5, 0.6) is 0 Å². The molecule has 1 unspecified atom stereocenters. The van der Waals surface area contributed by atoms with E-state index in [4.69, 9.17) is 5.73 Å². The first-order valence-electron chi connectivity index (χ1n) is 4.49. The molecule has 0 spiro atoms. The maximum absolute atomic E-state index is 9.23. The minimum absolute atomic E-state index is 0.348. The van der Waals surface area contributed by atoms with Crippen LogP contribution in [0.25, 0.3) is 0 Å². The first-order chi connectivity index (χ1) is 6.72. The number of thioether (sulfide) groups is 1. The number of benzene rings is 1. The number of nitrogens with two attached hydrogens (primary N) is 1. The van der Waals surface area contributed by atoms with Crippen LogP contribution in [0, 0.1) is 0 Å². The minimum atomic E-state index is -0.363. The van der Waals surface area contributed by atoms with Gasteiger partial charge in [0.15, 0.2) is 0 Å². The summed E-state index contributed by atoms with van der Waals surface area (Å²) in [5, 5.41) is 9.23. The lowest BCUT2D eigenvalue weighted by molar-refractivity contribution is 0.180. The number of rotatable bonds is 5. The van der Waals surface area contributed by atoms with E-state index in [1.54, 1.807) is 11.8 Å². The lowest BCUT2D eigenvalue weighted by atomic mass is 10.3. The Morgan fingerprint density at radius 2 is 2.00 bits per heavy atom. The third-order valence-electron chi connectivity index (χ3n) is 1.81. The molecule has 0 aliphatic rings. The van der Waals surface area contributed by atoms with Gasteiger partial charge < -0.3 is 10.8 Å². The molecule has 0 amide bonds. The lowest BCUT2D eigenvalue weighted by Gasteiger charge is -2.06. The fraction of sp³-hybridized carbons (Fsp3) is 0.400. The molecule has 0 bridgehead atoms. The quantitative estimate of drug-likeness (QED) is 0.811. The van der Waals surface area contributed by atoms with Crippen molar-refractivity contribution in [2.45, 2.75) is 17.4 Å². The Hall–Kier alpha value is -0.0300. The van der Waals surface area contributed by atoms with Crippen LogP contribution in [0.4, 0.5) is 0 Å². The van der Waals surface area contributed by atoms with Crippen molar-refractivity contribution < 1.29 is 5.11 Å². The van der Waals surface area contributed by atoms with Gasteiger partial charge in [0, 0.05) is 21.7 Å². The van der Waals surface area contributed by atoms with Crippen LogP contribution in [-0.4, -0.2) is 23.5 Å². The lowest BCUT2D eigenvalue weighted by Crippen LogP contribution is -2.19. The molecular weight excluding hydrogens is 262 g/mol. The van der Waals surface area contributed by atoms with Crippen LogP contribution < -0.4 is 5.73 Å². The fourth-order valence-electron chi connectivity index (χ4n) is 0.961. The summed E-state index contributed by atoms with van der Waals surface area (Å²) in [6.45, 7) is 0.348. The van der Waals surface area contributed by atoms with E-state index in [1.807, 2.05) is 12.1 Å². The van der Waals surface area contributed by atoms with Gasteiger partial charge in [-0.15, -0.1) is 11.8 Å². The van der Waals surface area contributed by atoms with Crippen molar-refractivity contribution in [1.29, 1.82) is 0 Å². The van der Waals surface area contributed by atoms with E-state index >= 15 is 0 Å². The summed E-state index contributed by atoms with van der Waals surface area (Å²) in [5.41, 5.74) is 5.31. The molecule has 1 aromatic carbocycles. The van der Waals surface area contributed by atoms with Gasteiger partial charge >= 0.3 is 0 Å². The highest BCUT2D eigenvalue weighted by atomic mass is 79.9. The van der Waals surface area contributed by atoms with E-state index < -0.39 is 0 Å². The van der Waals surface area contributed by atoms with E-state index in [2.05, 4.69) is 28.1 Å². The molecule has 2 nitrogen and oxygen atoms in total. The Balaban J connectivity index is 2.28. The van der Waals surface area contributed by atoms with Crippen molar-refractivity contribution in [2.24, 2.45) is 5.73 Å². The molecule has 0 radical (unpaired) electrons. The molecule has 14 heavy (non-hydrogen) atoms. The molecular formula is C10H14BrNOS. The summed E-state index contributed by atoms with van der Waals surface area (Å²) in [6, 6.07) is 8.15. The normalized spacial score (nSPS) is 12.8. The van der Waals surface area contributed by atoms with Crippen molar-refractivity contribution >= 4 is 27.7 Å². The molecule has 78 valence electrons. The van der Waals surface area contributed by atoms with Crippen molar-refractivity contribution in [3.63, 3.8) is 0 Å². The maximum Gasteiger partial charge on any atom is 0.0670 e. The van der Waals surface area contributed by atoms with Crippen LogP contribution in [0.2, 0.25) is 0 Å². The third kappa shape index (κ3) is 4.46. The van der Waals surface area contributed by atoms with E-state index in [0.717, 1.165) is 16.6 Å². The zero-order valence-electron chi connectivity index (χ0n) is 7.82. The van der Waals surface area contributed by atoms with Gasteiger partial charge in [0.2, 0.25) is 0 Å². The van der Waals surface area contributed by atoms with Gasteiger partial charge in [-0.2, -0.15) is 0 Å². The van der Waals surface area contributed by atoms with Crippen molar-refractivity contribution in [3.05, 3.63) is 28.7 Å². The molecule has 0 aliphatic carbocycles. The Morgan fingerprint density at radius 3 is 2.57 bits per heavy atom. The first kappa shape index (κ1) is 12.0. The van der Waals surface area contributed by atoms with Crippen LogP contribution in [0.3, 0.4) is 0 Å². The first-order valence-corrected chi connectivity index (χ1v) is 6.26. The van der Waals surface area contributed by atoms with Gasteiger partial charge in [-0.25, -0.2) is 0 Å². The molecule has 0 fully saturated rings. The average molecular weight is 276 g/mol. The topological polar surface area (TPSA) is 46.2 Å². The van der Waals surface area contributed by atoms with Crippen molar-refractivity contribution in [1.82, 2.24) is 0 Å². The van der Waals surface area contributed by atoms with Crippen molar-refractivity contribution in [3.8, 4) is 0 Å². The van der Waals surface area contributed by atoms with E-state index in [9.17, 15) is 5.11 Å². The highest BCUT2D eigenvalue weighted by molar-refractivity contribution is 9.10. The highest BCUT2D eigenvalue weighted by Gasteiger charge is 2.01. The Morgan fingerprint density at radius 1 is 1.36 bits per heavy atom. The summed E-state index contributed by atoms with van der Waals surface area (Å²) in [5.74, 6) is 0.903. The van der Waals surface area contributed by atoms with Gasteiger partial charge in [0.1, 0.15) is 0 Å². The molecule has 0 aromatic heterocycles. The zero-order chi connectivity index (χ0) is 10.4. The Kier molecular flexibility index (Phi) is 5.55. The molecule has 0 heterocycles. The van der Waals surface area contributed by atoms with Gasteiger partial charge in [-0.3, -0.25) is 0 Å². The molecule has 3 N–H and O–H groups in total. The second-order valence-corrected chi connectivity index (χ2v) is 5.06. The second kappa shape index (κ2) is 6.45. The van der Waals surface area contributed by atoms with Gasteiger partial charge in [0.25, 0.3) is 0 Å². The molecule has 1 aromatic rings. The number of aliphatic hydroxyl groups is 1. The van der Waals surface area contributed by atoms with Crippen LogP contribution >= 0.6 is 27.7 Å². The van der Waals surface area contributed by atoms with Crippen molar-refractivity contribution in [2.75, 3.05) is 12.3 Å². The van der Waals surface area contributed by atoms with Gasteiger partial charge in [-0.05, 0) is 30.7 Å². The fourth-order valence-corrected chi connectivity index (χ4v) is 2.18. The third-order valence-corrected chi connectivity index (χ3v) is 3.38. The maximum atomic E-state index is 9.23. The summed E-state index contributed by atoms with van der Waals surface area (Å²) in [6.07, 6.45) is 0.384. The van der Waals surface area contributed by atoms with Gasteiger partial charge in [0.05, 0.1) is 6.10 Å². The molecule has 0 aliphatic heterocycles. The second-order valence-electron chi connectivity index (χ2n) is 2.98. The average Bonchev–Trinajstić information content (AvgIpc) is 2.21. The Labute approximate surface area is 97.0 Å². The SMILES string of the molecule is NCC(O)CCSc1ccc(Br)cc1. The van der Waals surface area contributed by atoms with E-state index in [0.29, 0.717) is 6.54 Å². The van der Waals surface area contributed by atoms with Crippen LogP contribution in [0.15, 0.2) is 33.6 Å². The number of hydrogen-bond acceptors (Lipinski definition) is 3. The summed E-state index contributed by atoms with van der Waals surface area (Å²) < 4.78 is 1.09. The minimum Gasteiger partial charge on any atom is -0.392 e. The number of hydrogen-bond donors (Lipinski definition) is 2. The zero-order valence-corrected chi connectivity index (χ0v) is 10.2.